The van der Waals surface area contributed by atoms with Crippen molar-refractivity contribution in [2.24, 2.45) is 0 Å². The van der Waals surface area contributed by atoms with Crippen LogP contribution in [0.4, 0.5) is 5.95 Å². The Morgan fingerprint density at radius 1 is 1.32 bits per heavy atom. The van der Waals surface area contributed by atoms with Gasteiger partial charge in [0.05, 0.1) is 6.10 Å². The summed E-state index contributed by atoms with van der Waals surface area (Å²) in [5.41, 5.74) is 0.526. The van der Waals surface area contributed by atoms with Crippen molar-refractivity contribution in [3.8, 4) is 5.75 Å². The van der Waals surface area contributed by atoms with Gasteiger partial charge in [0.25, 0.3) is 5.91 Å². The van der Waals surface area contributed by atoms with E-state index in [-0.39, 0.29) is 18.0 Å². The number of H-pyrrole nitrogens is 1. The molecule has 6 nitrogen and oxygen atoms in total. The van der Waals surface area contributed by atoms with Crippen LogP contribution in [-0.4, -0.2) is 27.2 Å². The molecule has 2 aromatic rings. The van der Waals surface area contributed by atoms with Crippen molar-refractivity contribution >= 4 is 11.9 Å². The summed E-state index contributed by atoms with van der Waals surface area (Å²) in [5, 5.41) is 9.11. The van der Waals surface area contributed by atoms with E-state index >= 15 is 0 Å². The van der Waals surface area contributed by atoms with E-state index in [1.165, 1.54) is 0 Å². The summed E-state index contributed by atoms with van der Waals surface area (Å²) in [7, 11) is 0. The molecule has 0 fully saturated rings. The Bertz CT molecular complexity index is 560. The monoisotopic (exact) mass is 260 g/mol. The number of benzene rings is 1. The fourth-order valence-electron chi connectivity index (χ4n) is 1.53. The summed E-state index contributed by atoms with van der Waals surface area (Å²) in [6, 6.07) is 6.93. The van der Waals surface area contributed by atoms with Gasteiger partial charge in [0.2, 0.25) is 5.95 Å². The number of aryl methyl sites for hydroxylation is 1. The van der Waals surface area contributed by atoms with Crippen LogP contribution in [0.3, 0.4) is 0 Å². The van der Waals surface area contributed by atoms with Gasteiger partial charge in [0.15, 0.2) is 0 Å². The molecule has 1 amide bonds. The largest absolute Gasteiger partial charge is 0.491 e. The van der Waals surface area contributed by atoms with E-state index in [1.807, 2.05) is 13.8 Å². The third kappa shape index (κ3) is 3.54. The Labute approximate surface area is 111 Å². The van der Waals surface area contributed by atoms with E-state index in [1.54, 1.807) is 31.2 Å². The van der Waals surface area contributed by atoms with Crippen molar-refractivity contribution in [2.45, 2.75) is 26.9 Å². The lowest BCUT2D eigenvalue weighted by Crippen LogP contribution is -2.13. The number of aromatic nitrogens is 3. The van der Waals surface area contributed by atoms with Crippen molar-refractivity contribution in [3.63, 3.8) is 0 Å². The number of rotatable bonds is 4. The van der Waals surface area contributed by atoms with Gasteiger partial charge >= 0.3 is 0 Å². The van der Waals surface area contributed by atoms with Gasteiger partial charge in [-0.3, -0.25) is 15.2 Å². The van der Waals surface area contributed by atoms with Gasteiger partial charge in [-0.25, -0.2) is 0 Å². The third-order valence-corrected chi connectivity index (χ3v) is 2.31. The molecule has 0 aliphatic heterocycles. The van der Waals surface area contributed by atoms with Gasteiger partial charge in [0.1, 0.15) is 11.6 Å². The van der Waals surface area contributed by atoms with Crippen molar-refractivity contribution < 1.29 is 9.53 Å². The van der Waals surface area contributed by atoms with Crippen LogP contribution in [0.2, 0.25) is 0 Å². The molecule has 1 aromatic heterocycles. The van der Waals surface area contributed by atoms with Crippen LogP contribution < -0.4 is 10.1 Å². The van der Waals surface area contributed by atoms with E-state index < -0.39 is 0 Å². The van der Waals surface area contributed by atoms with Crippen LogP contribution in [0.25, 0.3) is 0 Å². The number of anilines is 1. The summed E-state index contributed by atoms with van der Waals surface area (Å²) < 4.78 is 5.51. The molecule has 0 radical (unpaired) electrons. The highest BCUT2D eigenvalue weighted by Crippen LogP contribution is 2.14. The van der Waals surface area contributed by atoms with Gasteiger partial charge < -0.3 is 4.74 Å². The number of aromatic amines is 1. The second-order valence-electron chi connectivity index (χ2n) is 4.39. The van der Waals surface area contributed by atoms with Crippen molar-refractivity contribution in [3.05, 3.63) is 35.7 Å². The van der Waals surface area contributed by atoms with Crippen LogP contribution in [0.5, 0.6) is 5.75 Å². The first kappa shape index (κ1) is 13.1. The molecule has 0 aliphatic rings. The summed E-state index contributed by atoms with van der Waals surface area (Å²) in [6.07, 6.45) is 0.107. The predicted octanol–water partition coefficient (Wildman–Crippen LogP) is 2.15. The van der Waals surface area contributed by atoms with Gasteiger partial charge in [0, 0.05) is 5.56 Å². The van der Waals surface area contributed by atoms with Gasteiger partial charge in [-0.05, 0) is 45.0 Å². The zero-order valence-electron chi connectivity index (χ0n) is 11.1. The Kier molecular flexibility index (Phi) is 3.79. The second-order valence-corrected chi connectivity index (χ2v) is 4.39. The minimum absolute atomic E-state index is 0.107. The molecule has 1 aromatic carbocycles. The summed E-state index contributed by atoms with van der Waals surface area (Å²) >= 11 is 0. The number of amides is 1. The molecule has 0 unspecified atom stereocenters. The molecule has 0 saturated heterocycles. The molecule has 100 valence electrons. The van der Waals surface area contributed by atoms with Crippen LogP contribution in [0.15, 0.2) is 24.3 Å². The van der Waals surface area contributed by atoms with E-state index in [0.717, 1.165) is 5.75 Å². The van der Waals surface area contributed by atoms with Crippen LogP contribution in [0.1, 0.15) is 30.0 Å². The molecule has 0 aliphatic carbocycles. The van der Waals surface area contributed by atoms with Gasteiger partial charge in [-0.2, -0.15) is 4.98 Å². The number of nitrogens with one attached hydrogen (secondary N) is 2. The molecule has 0 spiro atoms. The molecule has 0 saturated carbocycles. The van der Waals surface area contributed by atoms with Crippen molar-refractivity contribution in [2.75, 3.05) is 5.32 Å². The topological polar surface area (TPSA) is 79.9 Å². The lowest BCUT2D eigenvalue weighted by atomic mass is 10.2. The number of nitrogens with zero attached hydrogens (tertiary/aromatic N) is 2. The summed E-state index contributed by atoms with van der Waals surface area (Å²) in [5.74, 6) is 1.40. The zero-order chi connectivity index (χ0) is 13.8. The summed E-state index contributed by atoms with van der Waals surface area (Å²) in [4.78, 5) is 15.9. The molecular weight excluding hydrogens is 244 g/mol. The van der Waals surface area contributed by atoms with E-state index in [0.29, 0.717) is 11.4 Å². The SMILES string of the molecule is Cc1nc(NC(=O)c2ccc(OC(C)C)cc2)n[nH]1. The average molecular weight is 260 g/mol. The molecule has 0 atom stereocenters. The number of hydrogen-bond donors (Lipinski definition) is 2. The molecule has 2 N–H and O–H groups in total. The Hall–Kier alpha value is -2.37. The molecule has 1 heterocycles. The highest BCUT2D eigenvalue weighted by molar-refractivity contribution is 6.03. The van der Waals surface area contributed by atoms with Gasteiger partial charge in [-0.1, -0.05) is 0 Å². The fraction of sp³-hybridized carbons (Fsp3) is 0.308. The number of carbonyl (C=O) groups excluding carboxylic acids is 1. The summed E-state index contributed by atoms with van der Waals surface area (Å²) in [6.45, 7) is 5.67. The molecule has 6 heteroatoms. The first-order valence-corrected chi connectivity index (χ1v) is 6.01. The van der Waals surface area contributed by atoms with E-state index in [9.17, 15) is 4.79 Å². The van der Waals surface area contributed by atoms with Crippen molar-refractivity contribution in [1.29, 1.82) is 0 Å². The second kappa shape index (κ2) is 5.51. The van der Waals surface area contributed by atoms with E-state index in [2.05, 4.69) is 20.5 Å². The maximum Gasteiger partial charge on any atom is 0.258 e. The molecule has 2 rings (SSSR count). The Morgan fingerprint density at radius 2 is 2.00 bits per heavy atom. The third-order valence-electron chi connectivity index (χ3n) is 2.31. The first-order chi connectivity index (χ1) is 9.04. The maximum atomic E-state index is 11.9. The number of carbonyl (C=O) groups is 1. The predicted molar refractivity (Wildman–Crippen MR) is 71.3 cm³/mol. The Morgan fingerprint density at radius 3 is 2.53 bits per heavy atom. The first-order valence-electron chi connectivity index (χ1n) is 6.01. The van der Waals surface area contributed by atoms with Crippen LogP contribution in [0, 0.1) is 6.92 Å². The highest BCUT2D eigenvalue weighted by Gasteiger charge is 2.09. The van der Waals surface area contributed by atoms with Gasteiger partial charge in [-0.15, -0.1) is 5.10 Å². The quantitative estimate of drug-likeness (QED) is 0.882. The number of ether oxygens (including phenoxy) is 1. The lowest BCUT2D eigenvalue weighted by molar-refractivity contribution is 0.102. The average Bonchev–Trinajstić information content (AvgIpc) is 2.75. The normalized spacial score (nSPS) is 10.5. The van der Waals surface area contributed by atoms with E-state index in [4.69, 9.17) is 4.74 Å². The lowest BCUT2D eigenvalue weighted by Gasteiger charge is -2.09. The minimum atomic E-state index is -0.255. The number of hydrogen-bond acceptors (Lipinski definition) is 4. The maximum absolute atomic E-state index is 11.9. The molecule has 19 heavy (non-hydrogen) atoms. The highest BCUT2D eigenvalue weighted by atomic mass is 16.5. The van der Waals surface area contributed by atoms with Crippen LogP contribution in [-0.2, 0) is 0 Å². The molecular formula is C13H16N4O2. The molecule has 0 bridgehead atoms. The fourth-order valence-corrected chi connectivity index (χ4v) is 1.53. The standard InChI is InChI=1S/C13H16N4O2/c1-8(2)19-11-6-4-10(5-7-11)12(18)15-13-14-9(3)16-17-13/h4-8H,1-3H3,(H2,14,15,16,17,18). The Balaban J connectivity index is 2.03. The van der Waals surface area contributed by atoms with Crippen molar-refractivity contribution in [1.82, 2.24) is 15.2 Å². The van der Waals surface area contributed by atoms with Crippen LogP contribution >= 0.6 is 0 Å². The minimum Gasteiger partial charge on any atom is -0.491 e. The zero-order valence-corrected chi connectivity index (χ0v) is 11.1. The smallest absolute Gasteiger partial charge is 0.258 e.